The number of benzene rings is 2. The minimum Gasteiger partial charge on any atom is -0.507 e. The zero-order valence-electron chi connectivity index (χ0n) is 11.0. The molecule has 0 bridgehead atoms. The van der Waals surface area contributed by atoms with Gasteiger partial charge in [-0.1, -0.05) is 12.7 Å². The van der Waals surface area contributed by atoms with Crippen molar-refractivity contribution in [2.75, 3.05) is 0 Å². The summed E-state index contributed by atoms with van der Waals surface area (Å²) in [7, 11) is 0. The highest BCUT2D eigenvalue weighted by Gasteiger charge is 2.25. The largest absolute Gasteiger partial charge is 0.507 e. The molecule has 2 aromatic carbocycles. The van der Waals surface area contributed by atoms with Gasteiger partial charge in [-0.15, -0.1) is 0 Å². The van der Waals surface area contributed by atoms with Crippen LogP contribution in [0.3, 0.4) is 0 Å². The maximum atomic E-state index is 10.3. The van der Waals surface area contributed by atoms with Crippen LogP contribution in [0, 0.1) is 6.92 Å². The quantitative estimate of drug-likeness (QED) is 0.347. The Labute approximate surface area is 118 Å². The van der Waals surface area contributed by atoms with Crippen LogP contribution in [0.15, 0.2) is 17.1 Å². The second-order valence-corrected chi connectivity index (χ2v) is 4.71. The molecule has 0 aliphatic rings. The Morgan fingerprint density at radius 2 is 1.57 bits per heavy atom. The number of furan rings is 1. The number of phenolic OH excluding ortho intramolecular Hbond substituents is 5. The van der Waals surface area contributed by atoms with Crippen molar-refractivity contribution >= 4 is 28.0 Å². The van der Waals surface area contributed by atoms with Gasteiger partial charge in [-0.3, -0.25) is 0 Å². The topological polar surface area (TPSA) is 114 Å². The molecule has 0 saturated heterocycles. The molecule has 0 saturated carbocycles. The van der Waals surface area contributed by atoms with Gasteiger partial charge in [-0.2, -0.15) is 0 Å². The fraction of sp³-hybridized carbons (Fsp3) is 0.0667. The van der Waals surface area contributed by atoms with E-state index in [4.69, 9.17) is 4.42 Å². The molecule has 1 aromatic heterocycles. The third-order valence-electron chi connectivity index (χ3n) is 3.55. The Bertz CT molecular complexity index is 920. The Morgan fingerprint density at radius 3 is 2.19 bits per heavy atom. The van der Waals surface area contributed by atoms with Gasteiger partial charge >= 0.3 is 0 Å². The molecule has 0 radical (unpaired) electrons. The van der Waals surface area contributed by atoms with E-state index < -0.39 is 11.5 Å². The number of hydrogen-bond donors (Lipinski definition) is 5. The van der Waals surface area contributed by atoms with Crippen LogP contribution < -0.4 is 0 Å². The maximum Gasteiger partial charge on any atom is 0.202 e. The summed E-state index contributed by atoms with van der Waals surface area (Å²) in [5, 5.41) is 50.0. The normalized spacial score (nSPS) is 11.3. The van der Waals surface area contributed by atoms with E-state index in [0.717, 1.165) is 6.07 Å². The van der Waals surface area contributed by atoms with E-state index >= 15 is 0 Å². The van der Waals surface area contributed by atoms with Crippen LogP contribution in [0.4, 0.5) is 0 Å². The highest BCUT2D eigenvalue weighted by Crippen LogP contribution is 2.51. The van der Waals surface area contributed by atoms with E-state index in [0.29, 0.717) is 5.56 Å². The monoisotopic (exact) mass is 288 g/mol. The average Bonchev–Trinajstić information content (AvgIpc) is 2.84. The maximum absolute atomic E-state index is 10.3. The van der Waals surface area contributed by atoms with Crippen LogP contribution in [0.1, 0.15) is 11.1 Å². The number of hydrogen-bond acceptors (Lipinski definition) is 6. The average molecular weight is 288 g/mol. The molecule has 0 amide bonds. The van der Waals surface area contributed by atoms with Crippen molar-refractivity contribution in [3.8, 4) is 28.7 Å². The van der Waals surface area contributed by atoms with E-state index in [1.54, 1.807) is 6.92 Å². The van der Waals surface area contributed by atoms with E-state index in [2.05, 4.69) is 6.58 Å². The molecule has 0 aliphatic heterocycles. The van der Waals surface area contributed by atoms with Gasteiger partial charge < -0.3 is 29.9 Å². The van der Waals surface area contributed by atoms with Crippen LogP contribution in [0.25, 0.3) is 28.0 Å². The number of phenols is 5. The van der Waals surface area contributed by atoms with Crippen molar-refractivity contribution in [2.45, 2.75) is 6.92 Å². The van der Waals surface area contributed by atoms with E-state index in [1.165, 1.54) is 6.08 Å². The second-order valence-electron chi connectivity index (χ2n) is 4.71. The van der Waals surface area contributed by atoms with Gasteiger partial charge in [0.25, 0.3) is 0 Å². The molecule has 0 aliphatic carbocycles. The zero-order chi connectivity index (χ0) is 15.5. The van der Waals surface area contributed by atoms with E-state index in [9.17, 15) is 25.5 Å². The van der Waals surface area contributed by atoms with Crippen LogP contribution in [0.5, 0.6) is 28.7 Å². The van der Waals surface area contributed by atoms with Crippen LogP contribution in [-0.4, -0.2) is 25.5 Å². The number of aryl methyl sites for hydroxylation is 1. The summed E-state index contributed by atoms with van der Waals surface area (Å²) >= 11 is 0. The van der Waals surface area contributed by atoms with Crippen LogP contribution in [-0.2, 0) is 0 Å². The standard InChI is InChI=1S/C15H12O6/c1-3-6-11(18)10-9-8(17)4-7(16)5(2)14(9)21-15(10)13(20)12(6)19/h3-4,16-20H,1H2,2H3. The third-order valence-corrected chi connectivity index (χ3v) is 3.55. The van der Waals surface area contributed by atoms with Crippen molar-refractivity contribution in [2.24, 2.45) is 0 Å². The van der Waals surface area contributed by atoms with Crippen molar-refractivity contribution in [1.82, 2.24) is 0 Å². The molecule has 21 heavy (non-hydrogen) atoms. The summed E-state index contributed by atoms with van der Waals surface area (Å²) < 4.78 is 5.41. The summed E-state index contributed by atoms with van der Waals surface area (Å²) in [6, 6.07) is 1.11. The summed E-state index contributed by atoms with van der Waals surface area (Å²) in [5.74, 6) is -2.04. The zero-order valence-corrected chi connectivity index (χ0v) is 11.0. The molecule has 3 rings (SSSR count). The van der Waals surface area contributed by atoms with Crippen LogP contribution in [0.2, 0.25) is 0 Å². The predicted molar refractivity (Wildman–Crippen MR) is 76.9 cm³/mol. The molecule has 0 atom stereocenters. The van der Waals surface area contributed by atoms with Gasteiger partial charge in [-0.25, -0.2) is 0 Å². The summed E-state index contributed by atoms with van der Waals surface area (Å²) in [4.78, 5) is 0. The lowest BCUT2D eigenvalue weighted by Gasteiger charge is -2.06. The van der Waals surface area contributed by atoms with Crippen molar-refractivity contribution < 1.29 is 29.9 Å². The van der Waals surface area contributed by atoms with Gasteiger partial charge in [0, 0.05) is 11.6 Å². The molecule has 5 N–H and O–H groups in total. The smallest absolute Gasteiger partial charge is 0.202 e. The first-order valence-electron chi connectivity index (χ1n) is 6.05. The molecule has 6 nitrogen and oxygen atoms in total. The Hall–Kier alpha value is -3.02. The minimum atomic E-state index is -0.577. The molecule has 0 spiro atoms. The summed E-state index contributed by atoms with van der Waals surface area (Å²) in [6.07, 6.45) is 1.17. The van der Waals surface area contributed by atoms with Gasteiger partial charge in [-0.05, 0) is 6.92 Å². The predicted octanol–water partition coefficient (Wildman–Crippen LogP) is 3.07. The molecule has 108 valence electrons. The fourth-order valence-electron chi connectivity index (χ4n) is 2.43. The number of fused-ring (bicyclic) bond motifs is 3. The van der Waals surface area contributed by atoms with Crippen molar-refractivity contribution in [3.63, 3.8) is 0 Å². The van der Waals surface area contributed by atoms with Crippen molar-refractivity contribution in [3.05, 3.63) is 23.8 Å². The fourth-order valence-corrected chi connectivity index (χ4v) is 2.43. The summed E-state index contributed by atoms with van der Waals surface area (Å²) in [5.41, 5.74) is 0.175. The molecule has 1 heterocycles. The molecule has 0 fully saturated rings. The van der Waals surface area contributed by atoms with E-state index in [-0.39, 0.29) is 44.8 Å². The van der Waals surface area contributed by atoms with Gasteiger partial charge in [0.1, 0.15) is 22.8 Å². The van der Waals surface area contributed by atoms with Gasteiger partial charge in [0.2, 0.25) is 5.75 Å². The Balaban J connectivity index is 2.70. The second kappa shape index (κ2) is 3.99. The SMILES string of the molecule is C=Cc1c(O)c(O)c2oc3c(C)c(O)cc(O)c3c2c1O. The highest BCUT2D eigenvalue weighted by molar-refractivity contribution is 6.15. The lowest BCUT2D eigenvalue weighted by Crippen LogP contribution is -1.81. The third kappa shape index (κ3) is 1.47. The lowest BCUT2D eigenvalue weighted by molar-refractivity contribution is 0.395. The van der Waals surface area contributed by atoms with Crippen LogP contribution >= 0.6 is 0 Å². The summed E-state index contributed by atoms with van der Waals surface area (Å²) in [6.45, 7) is 5.01. The van der Waals surface area contributed by atoms with Gasteiger partial charge in [0.15, 0.2) is 11.3 Å². The Kier molecular flexibility index (Phi) is 2.47. The lowest BCUT2D eigenvalue weighted by atomic mass is 10.0. The molecule has 6 heteroatoms. The highest BCUT2D eigenvalue weighted by atomic mass is 16.4. The van der Waals surface area contributed by atoms with Crippen molar-refractivity contribution in [1.29, 1.82) is 0 Å². The van der Waals surface area contributed by atoms with E-state index in [1.807, 2.05) is 0 Å². The molecule has 0 unspecified atom stereocenters. The molecular formula is C15H12O6. The minimum absolute atomic E-state index is 0.0378. The number of aromatic hydroxyl groups is 5. The number of rotatable bonds is 1. The van der Waals surface area contributed by atoms with Gasteiger partial charge in [0.05, 0.1) is 16.3 Å². The first-order valence-corrected chi connectivity index (χ1v) is 6.05. The molecular weight excluding hydrogens is 276 g/mol. The molecule has 3 aromatic rings. The first-order chi connectivity index (χ1) is 9.88. The Morgan fingerprint density at radius 1 is 0.905 bits per heavy atom. The first kappa shape index (κ1) is 13.0.